The topological polar surface area (TPSA) is 55.4 Å². The molecule has 1 amide bonds. The van der Waals surface area contributed by atoms with Crippen molar-refractivity contribution >= 4 is 28.9 Å². The quantitative estimate of drug-likeness (QED) is 0.361. The highest BCUT2D eigenvalue weighted by atomic mass is 32.1. The van der Waals surface area contributed by atoms with Crippen molar-refractivity contribution in [1.82, 2.24) is 0 Å². The second-order valence-corrected chi connectivity index (χ2v) is 6.93. The lowest BCUT2D eigenvalue weighted by atomic mass is 10.1. The van der Waals surface area contributed by atoms with Gasteiger partial charge in [-0.2, -0.15) is 0 Å². The second kappa shape index (κ2) is 13.0. The molecule has 0 radical (unpaired) electrons. The van der Waals surface area contributed by atoms with Crippen LogP contribution in [0.4, 0.5) is 5.69 Å². The van der Waals surface area contributed by atoms with Crippen LogP contribution in [-0.4, -0.2) is 18.5 Å². The third-order valence-corrected chi connectivity index (χ3v) is 4.80. The number of amides is 1. The van der Waals surface area contributed by atoms with Crippen molar-refractivity contribution in [3.05, 3.63) is 16.3 Å². The van der Waals surface area contributed by atoms with E-state index < -0.39 is 0 Å². The molecule has 0 saturated heterocycles. The van der Waals surface area contributed by atoms with Crippen LogP contribution in [0.25, 0.3) is 0 Å². The smallest absolute Gasteiger partial charge is 0.350 e. The van der Waals surface area contributed by atoms with Crippen molar-refractivity contribution < 1.29 is 14.3 Å². The summed E-state index contributed by atoms with van der Waals surface area (Å²) in [5.41, 5.74) is 0.569. The minimum atomic E-state index is -0.370. The van der Waals surface area contributed by atoms with Gasteiger partial charge in [0.2, 0.25) is 5.91 Å². The number of hydrogen-bond acceptors (Lipinski definition) is 4. The zero-order valence-electron chi connectivity index (χ0n) is 15.1. The van der Waals surface area contributed by atoms with Crippen LogP contribution in [0, 0.1) is 0 Å². The van der Waals surface area contributed by atoms with Gasteiger partial charge >= 0.3 is 5.97 Å². The Bertz CT molecular complexity index is 485. The van der Waals surface area contributed by atoms with Crippen LogP contribution in [0.15, 0.2) is 11.4 Å². The van der Waals surface area contributed by atoms with Crippen LogP contribution in [0.3, 0.4) is 0 Å². The van der Waals surface area contributed by atoms with E-state index in [4.69, 9.17) is 4.74 Å². The molecular formula is C19H31NO3S. The molecule has 0 aliphatic heterocycles. The molecule has 1 rings (SSSR count). The SMILES string of the molecule is CCCCCCCCCCCC(=O)Nc1ccsc1C(=O)OCC. The van der Waals surface area contributed by atoms with Gasteiger partial charge in [0.15, 0.2) is 0 Å². The molecule has 0 aliphatic rings. The lowest BCUT2D eigenvalue weighted by Gasteiger charge is -2.06. The minimum Gasteiger partial charge on any atom is -0.462 e. The molecular weight excluding hydrogens is 322 g/mol. The number of carbonyl (C=O) groups excluding carboxylic acids is 2. The summed E-state index contributed by atoms with van der Waals surface area (Å²) >= 11 is 1.29. The van der Waals surface area contributed by atoms with E-state index in [1.54, 1.807) is 18.4 Å². The summed E-state index contributed by atoms with van der Waals surface area (Å²) in [6, 6.07) is 1.76. The monoisotopic (exact) mass is 353 g/mol. The van der Waals surface area contributed by atoms with E-state index in [2.05, 4.69) is 12.2 Å². The predicted molar refractivity (Wildman–Crippen MR) is 101 cm³/mol. The highest BCUT2D eigenvalue weighted by Gasteiger charge is 2.15. The molecule has 24 heavy (non-hydrogen) atoms. The van der Waals surface area contributed by atoms with Crippen LogP contribution >= 0.6 is 11.3 Å². The van der Waals surface area contributed by atoms with E-state index >= 15 is 0 Å². The maximum absolute atomic E-state index is 12.0. The molecule has 1 aromatic heterocycles. The standard InChI is InChI=1S/C19H31NO3S/c1-3-5-6-7-8-9-10-11-12-13-17(21)20-16-14-15-24-18(16)19(22)23-4-2/h14-15H,3-13H2,1-2H3,(H,20,21). The molecule has 136 valence electrons. The van der Waals surface area contributed by atoms with Crippen molar-refractivity contribution in [2.75, 3.05) is 11.9 Å². The van der Waals surface area contributed by atoms with E-state index in [9.17, 15) is 9.59 Å². The Labute approximate surface area is 150 Å². The summed E-state index contributed by atoms with van der Waals surface area (Å²) in [4.78, 5) is 24.2. The molecule has 1 heterocycles. The first kappa shape index (κ1) is 20.7. The van der Waals surface area contributed by atoms with Gasteiger partial charge in [-0.15, -0.1) is 11.3 Å². The molecule has 4 nitrogen and oxygen atoms in total. The van der Waals surface area contributed by atoms with Crippen LogP contribution in [-0.2, 0) is 9.53 Å². The summed E-state index contributed by atoms with van der Waals surface area (Å²) in [6.45, 7) is 4.34. The zero-order valence-corrected chi connectivity index (χ0v) is 15.9. The Morgan fingerprint density at radius 1 is 1.00 bits per heavy atom. The summed E-state index contributed by atoms with van der Waals surface area (Å²) in [5.74, 6) is -0.396. The fraction of sp³-hybridized carbons (Fsp3) is 0.684. The fourth-order valence-corrected chi connectivity index (χ4v) is 3.31. The maximum Gasteiger partial charge on any atom is 0.350 e. The molecule has 0 bridgehead atoms. The Morgan fingerprint density at radius 2 is 1.62 bits per heavy atom. The Hall–Kier alpha value is -1.36. The van der Waals surface area contributed by atoms with Gasteiger partial charge in [0.25, 0.3) is 0 Å². The van der Waals surface area contributed by atoms with E-state index in [1.165, 1.54) is 56.3 Å². The van der Waals surface area contributed by atoms with Gasteiger partial charge in [-0.25, -0.2) is 4.79 Å². The van der Waals surface area contributed by atoms with Crippen LogP contribution in [0.1, 0.15) is 87.7 Å². The number of anilines is 1. The van der Waals surface area contributed by atoms with Crippen LogP contribution in [0.2, 0.25) is 0 Å². The average Bonchev–Trinajstić information content (AvgIpc) is 3.01. The molecule has 1 aromatic rings. The summed E-state index contributed by atoms with van der Waals surface area (Å²) in [6.07, 6.45) is 11.6. The largest absolute Gasteiger partial charge is 0.462 e. The number of nitrogens with one attached hydrogen (secondary N) is 1. The summed E-state index contributed by atoms with van der Waals surface area (Å²) < 4.78 is 4.99. The summed E-state index contributed by atoms with van der Waals surface area (Å²) in [7, 11) is 0. The lowest BCUT2D eigenvalue weighted by Crippen LogP contribution is -2.13. The molecule has 5 heteroatoms. The molecule has 0 spiro atoms. The lowest BCUT2D eigenvalue weighted by molar-refractivity contribution is -0.116. The van der Waals surface area contributed by atoms with Gasteiger partial charge in [-0.05, 0) is 24.8 Å². The Morgan fingerprint density at radius 3 is 2.25 bits per heavy atom. The van der Waals surface area contributed by atoms with Gasteiger partial charge in [-0.1, -0.05) is 58.3 Å². The first-order valence-electron chi connectivity index (χ1n) is 9.23. The van der Waals surface area contributed by atoms with Crippen molar-refractivity contribution in [1.29, 1.82) is 0 Å². The van der Waals surface area contributed by atoms with E-state index in [0.29, 0.717) is 23.6 Å². The number of esters is 1. The first-order valence-corrected chi connectivity index (χ1v) is 10.1. The fourth-order valence-electron chi connectivity index (χ4n) is 2.57. The van der Waals surface area contributed by atoms with Gasteiger partial charge in [0.1, 0.15) is 4.88 Å². The molecule has 0 aromatic carbocycles. The number of unbranched alkanes of at least 4 members (excludes halogenated alkanes) is 8. The number of hydrogen-bond donors (Lipinski definition) is 1. The Kier molecular flexibility index (Phi) is 11.2. The average molecular weight is 354 g/mol. The van der Waals surface area contributed by atoms with E-state index in [0.717, 1.165) is 12.8 Å². The van der Waals surface area contributed by atoms with Gasteiger partial charge in [0, 0.05) is 6.42 Å². The van der Waals surface area contributed by atoms with E-state index in [-0.39, 0.29) is 11.9 Å². The summed E-state index contributed by atoms with van der Waals surface area (Å²) in [5, 5.41) is 4.62. The van der Waals surface area contributed by atoms with Crippen molar-refractivity contribution in [2.45, 2.75) is 78.1 Å². The third kappa shape index (κ3) is 8.48. The van der Waals surface area contributed by atoms with Gasteiger partial charge in [0.05, 0.1) is 12.3 Å². The molecule has 0 unspecified atom stereocenters. The minimum absolute atomic E-state index is 0.0260. The van der Waals surface area contributed by atoms with Crippen molar-refractivity contribution in [3.63, 3.8) is 0 Å². The van der Waals surface area contributed by atoms with Crippen molar-refractivity contribution in [2.24, 2.45) is 0 Å². The highest BCUT2D eigenvalue weighted by Crippen LogP contribution is 2.23. The number of thiophene rings is 1. The molecule has 0 atom stereocenters. The Balaban J connectivity index is 2.14. The van der Waals surface area contributed by atoms with Crippen molar-refractivity contribution in [3.8, 4) is 0 Å². The maximum atomic E-state index is 12.0. The van der Waals surface area contributed by atoms with Gasteiger partial charge in [-0.3, -0.25) is 4.79 Å². The molecule has 1 N–H and O–H groups in total. The second-order valence-electron chi connectivity index (χ2n) is 6.01. The van der Waals surface area contributed by atoms with Crippen LogP contribution < -0.4 is 5.32 Å². The molecule has 0 aliphatic carbocycles. The first-order chi connectivity index (χ1) is 11.7. The van der Waals surface area contributed by atoms with Gasteiger partial charge < -0.3 is 10.1 Å². The molecule has 0 fully saturated rings. The molecule has 0 saturated carbocycles. The van der Waals surface area contributed by atoms with Crippen LogP contribution in [0.5, 0.6) is 0 Å². The van der Waals surface area contributed by atoms with E-state index in [1.807, 2.05) is 0 Å². The normalized spacial score (nSPS) is 10.6. The highest BCUT2D eigenvalue weighted by molar-refractivity contribution is 7.12. The predicted octanol–water partition coefficient (Wildman–Crippen LogP) is 5.78. The third-order valence-electron chi connectivity index (χ3n) is 3.91. The number of carbonyl (C=O) groups is 2. The number of rotatable bonds is 13. The zero-order chi connectivity index (χ0) is 17.6. The number of ether oxygens (including phenoxy) is 1.